The van der Waals surface area contributed by atoms with Crippen LogP contribution in [-0.2, 0) is 25.9 Å². The Morgan fingerprint density at radius 1 is 1.16 bits per heavy atom. The van der Waals surface area contributed by atoms with E-state index in [1.807, 2.05) is 18.3 Å². The Balaban J connectivity index is 0.00000289. The summed E-state index contributed by atoms with van der Waals surface area (Å²) in [5.74, 6) is 1.22. The number of fused-ring (bicyclic) bond motifs is 1. The molecule has 0 bridgehead atoms. The van der Waals surface area contributed by atoms with Crippen LogP contribution in [0, 0.1) is 0 Å². The van der Waals surface area contributed by atoms with Crippen LogP contribution in [0.15, 0.2) is 41.5 Å². The second-order valence-corrected chi connectivity index (χ2v) is 8.62. The van der Waals surface area contributed by atoms with Crippen molar-refractivity contribution < 1.29 is 5.11 Å². The summed E-state index contributed by atoms with van der Waals surface area (Å²) >= 11 is 0. The molecule has 2 heterocycles. The summed E-state index contributed by atoms with van der Waals surface area (Å²) in [6.45, 7) is 6.46. The van der Waals surface area contributed by atoms with Crippen molar-refractivity contribution in [3.05, 3.63) is 58.9 Å². The third-order valence-electron chi connectivity index (χ3n) is 6.41. The van der Waals surface area contributed by atoms with Gasteiger partial charge in [-0.05, 0) is 74.8 Å². The Kier molecular flexibility index (Phi) is 9.59. The number of phenolic OH excluding ortho intramolecular Hbond substituents is 1. The molecule has 1 fully saturated rings. The van der Waals surface area contributed by atoms with Gasteiger partial charge in [0.2, 0.25) is 0 Å². The average Bonchev–Trinajstić information content (AvgIpc) is 2.80. The van der Waals surface area contributed by atoms with E-state index in [2.05, 4.69) is 45.6 Å². The minimum absolute atomic E-state index is 0. The molecule has 32 heavy (non-hydrogen) atoms. The van der Waals surface area contributed by atoms with Crippen molar-refractivity contribution in [1.29, 1.82) is 0 Å². The molecule has 1 aliphatic carbocycles. The van der Waals surface area contributed by atoms with Crippen LogP contribution in [0.1, 0.15) is 55.0 Å². The number of piperidine rings is 1. The number of aryl methyl sites for hydroxylation is 1. The van der Waals surface area contributed by atoms with Crippen molar-refractivity contribution in [1.82, 2.24) is 20.5 Å². The molecule has 1 aromatic carbocycles. The van der Waals surface area contributed by atoms with Crippen molar-refractivity contribution in [3.63, 3.8) is 0 Å². The molecular formula is C25H36IN5O. The van der Waals surface area contributed by atoms with Crippen molar-refractivity contribution in [3.8, 4) is 5.75 Å². The van der Waals surface area contributed by atoms with Gasteiger partial charge in [-0.3, -0.25) is 9.88 Å². The monoisotopic (exact) mass is 549 g/mol. The standard InChI is InChI=1S/C25H35N5O.HI/c1-2-26-25(28-17-23-22-9-4-3-7-19(22)10-11-24(23)31)29-20-12-15-30(16-13-20)18-21-8-5-6-14-27-21;/h5-6,8,10-11,14,20,31H,2-4,7,9,12-13,15-18H2,1H3,(H2,26,28,29);1H. The van der Waals surface area contributed by atoms with Gasteiger partial charge in [-0.15, -0.1) is 24.0 Å². The summed E-state index contributed by atoms with van der Waals surface area (Å²) in [6, 6.07) is 10.4. The van der Waals surface area contributed by atoms with Gasteiger partial charge < -0.3 is 15.7 Å². The third kappa shape index (κ3) is 6.57. The number of aromatic hydroxyl groups is 1. The van der Waals surface area contributed by atoms with Crippen LogP contribution in [0.3, 0.4) is 0 Å². The molecule has 6 nitrogen and oxygen atoms in total. The molecule has 1 aliphatic heterocycles. The Bertz CT molecular complexity index is 881. The summed E-state index contributed by atoms with van der Waals surface area (Å²) in [5, 5.41) is 17.5. The highest BCUT2D eigenvalue weighted by molar-refractivity contribution is 14.0. The zero-order valence-corrected chi connectivity index (χ0v) is 21.3. The van der Waals surface area contributed by atoms with Gasteiger partial charge >= 0.3 is 0 Å². The van der Waals surface area contributed by atoms with Gasteiger partial charge in [0.25, 0.3) is 0 Å². The number of rotatable bonds is 6. The highest BCUT2D eigenvalue weighted by Crippen LogP contribution is 2.31. The van der Waals surface area contributed by atoms with E-state index in [1.54, 1.807) is 0 Å². The molecule has 0 amide bonds. The number of benzene rings is 1. The zero-order valence-electron chi connectivity index (χ0n) is 19.0. The number of phenols is 1. The summed E-state index contributed by atoms with van der Waals surface area (Å²) in [7, 11) is 0. The van der Waals surface area contributed by atoms with Crippen LogP contribution in [0.5, 0.6) is 5.75 Å². The fourth-order valence-electron chi connectivity index (χ4n) is 4.70. The molecule has 1 saturated heterocycles. The number of aromatic nitrogens is 1. The SMILES string of the molecule is CCNC(=NCc1c(O)ccc2c1CCCC2)NC1CCN(Cc2ccccn2)CC1.I. The molecule has 0 radical (unpaired) electrons. The molecule has 0 atom stereocenters. The van der Waals surface area contributed by atoms with E-state index in [0.29, 0.717) is 18.3 Å². The maximum Gasteiger partial charge on any atom is 0.191 e. The fourth-order valence-corrected chi connectivity index (χ4v) is 4.70. The first kappa shape index (κ1) is 24.8. The first-order valence-electron chi connectivity index (χ1n) is 11.7. The Morgan fingerprint density at radius 2 is 1.97 bits per heavy atom. The highest BCUT2D eigenvalue weighted by Gasteiger charge is 2.21. The topological polar surface area (TPSA) is 72.8 Å². The van der Waals surface area contributed by atoms with Crippen LogP contribution in [0.4, 0.5) is 0 Å². The van der Waals surface area contributed by atoms with Gasteiger partial charge in [-0.2, -0.15) is 0 Å². The van der Waals surface area contributed by atoms with E-state index >= 15 is 0 Å². The third-order valence-corrected chi connectivity index (χ3v) is 6.41. The number of halogens is 1. The van der Waals surface area contributed by atoms with Gasteiger partial charge in [0, 0.05) is 44.0 Å². The average molecular weight is 550 g/mol. The van der Waals surface area contributed by atoms with Gasteiger partial charge in [0.05, 0.1) is 12.2 Å². The Labute approximate surface area is 208 Å². The molecule has 0 unspecified atom stereocenters. The Morgan fingerprint density at radius 3 is 2.72 bits per heavy atom. The number of guanidine groups is 1. The number of hydrogen-bond donors (Lipinski definition) is 3. The maximum absolute atomic E-state index is 10.5. The summed E-state index contributed by atoms with van der Waals surface area (Å²) in [6.07, 6.45) is 8.64. The molecule has 7 heteroatoms. The number of likely N-dealkylation sites (tertiary alicyclic amines) is 1. The van der Waals surface area contributed by atoms with Gasteiger partial charge in [0.15, 0.2) is 5.96 Å². The first-order chi connectivity index (χ1) is 15.2. The molecule has 4 rings (SSSR count). The quantitative estimate of drug-likeness (QED) is 0.289. The van der Waals surface area contributed by atoms with Crippen LogP contribution < -0.4 is 10.6 Å². The second kappa shape index (κ2) is 12.4. The van der Waals surface area contributed by atoms with Crippen LogP contribution in [0.2, 0.25) is 0 Å². The van der Waals surface area contributed by atoms with E-state index in [9.17, 15) is 5.11 Å². The first-order valence-corrected chi connectivity index (χ1v) is 11.7. The van der Waals surface area contributed by atoms with Crippen LogP contribution >= 0.6 is 24.0 Å². The van der Waals surface area contributed by atoms with Crippen LogP contribution in [0.25, 0.3) is 0 Å². The van der Waals surface area contributed by atoms with Gasteiger partial charge in [0.1, 0.15) is 5.75 Å². The van der Waals surface area contributed by atoms with Crippen molar-refractivity contribution in [2.75, 3.05) is 19.6 Å². The second-order valence-electron chi connectivity index (χ2n) is 8.62. The molecule has 0 spiro atoms. The zero-order chi connectivity index (χ0) is 21.5. The van der Waals surface area contributed by atoms with E-state index < -0.39 is 0 Å². The lowest BCUT2D eigenvalue weighted by atomic mass is 9.88. The van der Waals surface area contributed by atoms with E-state index in [1.165, 1.54) is 24.0 Å². The lowest BCUT2D eigenvalue weighted by molar-refractivity contribution is 0.196. The number of nitrogens with one attached hydrogen (secondary N) is 2. The van der Waals surface area contributed by atoms with Gasteiger partial charge in [-0.25, -0.2) is 4.99 Å². The van der Waals surface area contributed by atoms with E-state index in [0.717, 1.165) is 69.1 Å². The molecular weight excluding hydrogens is 513 g/mol. The number of aliphatic imine (C=N–C) groups is 1. The highest BCUT2D eigenvalue weighted by atomic mass is 127. The number of pyridine rings is 1. The predicted octanol–water partition coefficient (Wildman–Crippen LogP) is 4.00. The summed E-state index contributed by atoms with van der Waals surface area (Å²) < 4.78 is 0. The predicted molar refractivity (Wildman–Crippen MR) is 141 cm³/mol. The lowest BCUT2D eigenvalue weighted by Crippen LogP contribution is -2.48. The minimum Gasteiger partial charge on any atom is -0.508 e. The van der Waals surface area contributed by atoms with Crippen molar-refractivity contribution in [2.24, 2.45) is 4.99 Å². The van der Waals surface area contributed by atoms with Gasteiger partial charge in [-0.1, -0.05) is 12.1 Å². The molecule has 2 aromatic rings. The van der Waals surface area contributed by atoms with Crippen molar-refractivity contribution >= 4 is 29.9 Å². The number of hydrogen-bond acceptors (Lipinski definition) is 4. The molecule has 1 aromatic heterocycles. The van der Waals surface area contributed by atoms with Crippen molar-refractivity contribution in [2.45, 2.75) is 64.6 Å². The molecule has 3 N–H and O–H groups in total. The van der Waals surface area contributed by atoms with E-state index in [-0.39, 0.29) is 24.0 Å². The molecule has 174 valence electrons. The largest absolute Gasteiger partial charge is 0.508 e. The van der Waals surface area contributed by atoms with Crippen LogP contribution in [-0.4, -0.2) is 46.6 Å². The summed E-state index contributed by atoms with van der Waals surface area (Å²) in [5.41, 5.74) is 4.83. The van der Waals surface area contributed by atoms with E-state index in [4.69, 9.17) is 4.99 Å². The smallest absolute Gasteiger partial charge is 0.191 e. The minimum atomic E-state index is 0. The number of nitrogens with zero attached hydrogens (tertiary/aromatic N) is 3. The summed E-state index contributed by atoms with van der Waals surface area (Å²) in [4.78, 5) is 11.8. The maximum atomic E-state index is 10.5. The molecule has 0 saturated carbocycles. The molecule has 2 aliphatic rings. The lowest BCUT2D eigenvalue weighted by Gasteiger charge is -2.32. The normalized spacial score (nSPS) is 17.3. The fraction of sp³-hybridized carbons (Fsp3) is 0.520. The Hall–Kier alpha value is -1.87.